The van der Waals surface area contributed by atoms with Gasteiger partial charge < -0.3 is 10.6 Å². The van der Waals surface area contributed by atoms with Crippen LogP contribution in [0.2, 0.25) is 0 Å². The third-order valence-electron chi connectivity index (χ3n) is 3.64. The molecule has 0 radical (unpaired) electrons. The molecule has 2 rings (SSSR count). The molecular weight excluding hydrogens is 244 g/mol. The molecule has 0 aliphatic carbocycles. The van der Waals surface area contributed by atoms with Crippen molar-refractivity contribution >= 4 is 17.2 Å². The Labute approximate surface area is 113 Å². The Morgan fingerprint density at radius 1 is 1.61 bits per heavy atom. The number of piperidine rings is 1. The summed E-state index contributed by atoms with van der Waals surface area (Å²) >= 11 is 1.62. The van der Waals surface area contributed by atoms with Crippen LogP contribution < -0.4 is 10.6 Å². The maximum absolute atomic E-state index is 12.2. The fourth-order valence-electron chi connectivity index (χ4n) is 2.46. The van der Waals surface area contributed by atoms with E-state index in [4.69, 9.17) is 0 Å². The van der Waals surface area contributed by atoms with Gasteiger partial charge in [-0.25, -0.2) is 0 Å². The van der Waals surface area contributed by atoms with Crippen molar-refractivity contribution in [3.63, 3.8) is 0 Å². The molecule has 1 aromatic rings. The number of hydrogen-bond donors (Lipinski definition) is 2. The highest BCUT2D eigenvalue weighted by Gasteiger charge is 2.23. The number of carbonyl (C=O) groups is 1. The normalized spacial score (nSPS) is 23.9. The molecule has 0 bridgehead atoms. The van der Waals surface area contributed by atoms with Gasteiger partial charge in [-0.15, -0.1) is 11.3 Å². The smallest absolute Gasteiger partial charge is 0.261 e. The number of aryl methyl sites for hydroxylation is 2. The van der Waals surface area contributed by atoms with E-state index in [2.05, 4.69) is 31.4 Å². The van der Waals surface area contributed by atoms with E-state index in [-0.39, 0.29) is 11.9 Å². The van der Waals surface area contributed by atoms with Crippen LogP contribution in [0.4, 0.5) is 0 Å². The number of amides is 1. The lowest BCUT2D eigenvalue weighted by Gasteiger charge is -2.30. The summed E-state index contributed by atoms with van der Waals surface area (Å²) in [6, 6.07) is 2.65. The van der Waals surface area contributed by atoms with Crippen LogP contribution >= 0.6 is 11.3 Å². The van der Waals surface area contributed by atoms with E-state index >= 15 is 0 Å². The predicted molar refractivity (Wildman–Crippen MR) is 76.4 cm³/mol. The van der Waals surface area contributed by atoms with Gasteiger partial charge in [0.2, 0.25) is 0 Å². The molecule has 2 unspecified atom stereocenters. The molecule has 100 valence electrons. The number of hydrogen-bond acceptors (Lipinski definition) is 3. The van der Waals surface area contributed by atoms with Crippen molar-refractivity contribution in [1.29, 1.82) is 0 Å². The van der Waals surface area contributed by atoms with Crippen molar-refractivity contribution in [3.05, 3.63) is 21.4 Å². The van der Waals surface area contributed by atoms with Crippen molar-refractivity contribution in [2.24, 2.45) is 0 Å². The van der Waals surface area contributed by atoms with Crippen molar-refractivity contribution in [2.75, 3.05) is 6.54 Å². The third kappa shape index (κ3) is 2.93. The van der Waals surface area contributed by atoms with Gasteiger partial charge in [0, 0.05) is 17.0 Å². The molecule has 2 atom stereocenters. The summed E-state index contributed by atoms with van der Waals surface area (Å²) < 4.78 is 0. The molecule has 1 fully saturated rings. The minimum atomic E-state index is 0.0864. The average molecular weight is 266 g/mol. The second kappa shape index (κ2) is 5.85. The van der Waals surface area contributed by atoms with Gasteiger partial charge in [0.05, 0.1) is 4.88 Å². The summed E-state index contributed by atoms with van der Waals surface area (Å²) in [6.07, 6.45) is 3.22. The van der Waals surface area contributed by atoms with Crippen LogP contribution in [0.15, 0.2) is 6.07 Å². The Hall–Kier alpha value is -0.870. The van der Waals surface area contributed by atoms with Gasteiger partial charge in [0.25, 0.3) is 5.91 Å². The Balaban J connectivity index is 2.02. The van der Waals surface area contributed by atoms with Gasteiger partial charge in [0.1, 0.15) is 0 Å². The zero-order chi connectivity index (χ0) is 13.1. The van der Waals surface area contributed by atoms with Gasteiger partial charge in [-0.1, -0.05) is 6.92 Å². The Kier molecular flexibility index (Phi) is 4.40. The summed E-state index contributed by atoms with van der Waals surface area (Å²) in [5, 5.41) is 6.56. The molecule has 2 N–H and O–H groups in total. The molecular formula is C14H22N2OS. The molecule has 2 heterocycles. The van der Waals surface area contributed by atoms with E-state index in [1.54, 1.807) is 11.3 Å². The highest BCUT2D eigenvalue weighted by atomic mass is 32.1. The molecule has 0 spiro atoms. The van der Waals surface area contributed by atoms with Crippen LogP contribution in [0.25, 0.3) is 0 Å². The summed E-state index contributed by atoms with van der Waals surface area (Å²) in [5.74, 6) is 0.0864. The zero-order valence-corrected chi connectivity index (χ0v) is 12.2. The number of thiophene rings is 1. The second-order valence-electron chi connectivity index (χ2n) is 5.04. The van der Waals surface area contributed by atoms with Crippen molar-refractivity contribution < 1.29 is 4.79 Å². The molecule has 1 aliphatic rings. The van der Waals surface area contributed by atoms with Crippen LogP contribution in [0.5, 0.6) is 0 Å². The van der Waals surface area contributed by atoms with Gasteiger partial charge in [0.15, 0.2) is 0 Å². The van der Waals surface area contributed by atoms with Crippen LogP contribution in [-0.2, 0) is 6.42 Å². The van der Waals surface area contributed by atoms with Gasteiger partial charge in [-0.05, 0) is 51.3 Å². The van der Waals surface area contributed by atoms with Gasteiger partial charge >= 0.3 is 0 Å². The van der Waals surface area contributed by atoms with Crippen molar-refractivity contribution in [2.45, 2.75) is 52.1 Å². The monoisotopic (exact) mass is 266 g/mol. The summed E-state index contributed by atoms with van der Waals surface area (Å²) in [6.45, 7) is 7.41. The van der Waals surface area contributed by atoms with Crippen LogP contribution in [0.1, 0.15) is 46.8 Å². The first-order valence-electron chi connectivity index (χ1n) is 6.75. The Bertz CT molecular complexity index is 427. The first-order valence-corrected chi connectivity index (χ1v) is 7.57. The molecule has 18 heavy (non-hydrogen) atoms. The summed E-state index contributed by atoms with van der Waals surface area (Å²) in [5.41, 5.74) is 1.24. The summed E-state index contributed by atoms with van der Waals surface area (Å²) in [7, 11) is 0. The molecule has 3 nitrogen and oxygen atoms in total. The average Bonchev–Trinajstić information content (AvgIpc) is 2.73. The van der Waals surface area contributed by atoms with Crippen LogP contribution in [0.3, 0.4) is 0 Å². The van der Waals surface area contributed by atoms with Crippen LogP contribution in [-0.4, -0.2) is 24.5 Å². The van der Waals surface area contributed by atoms with E-state index in [9.17, 15) is 4.79 Å². The Morgan fingerprint density at radius 2 is 2.39 bits per heavy atom. The van der Waals surface area contributed by atoms with Crippen LogP contribution in [0, 0.1) is 6.92 Å². The third-order valence-corrected chi connectivity index (χ3v) is 5.02. The molecule has 1 saturated heterocycles. The fourth-order valence-corrected chi connectivity index (χ4v) is 3.48. The largest absolute Gasteiger partial charge is 0.347 e. The van der Waals surface area contributed by atoms with Gasteiger partial charge in [-0.2, -0.15) is 0 Å². The molecule has 0 saturated carbocycles. The van der Waals surface area contributed by atoms with E-state index in [0.717, 1.165) is 30.7 Å². The first kappa shape index (κ1) is 13.6. The molecule has 0 aromatic carbocycles. The number of carbonyl (C=O) groups excluding carboxylic acids is 1. The maximum atomic E-state index is 12.2. The first-order chi connectivity index (χ1) is 8.61. The lowest BCUT2D eigenvalue weighted by Crippen LogP contribution is -2.51. The minimum Gasteiger partial charge on any atom is -0.347 e. The van der Waals surface area contributed by atoms with Crippen molar-refractivity contribution in [1.82, 2.24) is 10.6 Å². The highest BCUT2D eigenvalue weighted by Crippen LogP contribution is 2.22. The number of nitrogens with one attached hydrogen (secondary N) is 2. The lowest BCUT2D eigenvalue weighted by atomic mass is 10.00. The quantitative estimate of drug-likeness (QED) is 0.882. The van der Waals surface area contributed by atoms with E-state index in [1.165, 1.54) is 10.4 Å². The highest BCUT2D eigenvalue weighted by molar-refractivity contribution is 7.14. The minimum absolute atomic E-state index is 0.0864. The molecule has 1 aliphatic heterocycles. The van der Waals surface area contributed by atoms with Gasteiger partial charge in [-0.3, -0.25) is 4.79 Å². The maximum Gasteiger partial charge on any atom is 0.261 e. The molecule has 1 aromatic heterocycles. The molecule has 1 amide bonds. The SMILES string of the molecule is CCc1sc(C(=O)NC2CCCNC2C)cc1C. The standard InChI is InChI=1S/C14H22N2OS/c1-4-12-9(2)8-13(18-12)14(17)16-11-6-5-7-15-10(11)3/h8,10-11,15H,4-7H2,1-3H3,(H,16,17). The molecule has 4 heteroatoms. The number of rotatable bonds is 3. The summed E-state index contributed by atoms with van der Waals surface area (Å²) in [4.78, 5) is 14.4. The Morgan fingerprint density at radius 3 is 3.00 bits per heavy atom. The van der Waals surface area contributed by atoms with E-state index < -0.39 is 0 Å². The lowest BCUT2D eigenvalue weighted by molar-refractivity contribution is 0.0924. The topological polar surface area (TPSA) is 41.1 Å². The van der Waals surface area contributed by atoms with E-state index in [1.807, 2.05) is 6.07 Å². The second-order valence-corrected chi connectivity index (χ2v) is 6.17. The predicted octanol–water partition coefficient (Wildman–Crippen LogP) is 2.49. The fraction of sp³-hybridized carbons (Fsp3) is 0.643. The van der Waals surface area contributed by atoms with E-state index in [0.29, 0.717) is 6.04 Å². The van der Waals surface area contributed by atoms with Crippen molar-refractivity contribution in [3.8, 4) is 0 Å². The zero-order valence-electron chi connectivity index (χ0n) is 11.4.